The molecule has 9 nitrogen and oxygen atoms in total. The van der Waals surface area contributed by atoms with E-state index in [1.807, 2.05) is 35.0 Å². The number of piperazine rings is 1. The van der Waals surface area contributed by atoms with Crippen molar-refractivity contribution in [1.82, 2.24) is 25.1 Å². The highest BCUT2D eigenvalue weighted by molar-refractivity contribution is 5.47. The van der Waals surface area contributed by atoms with E-state index in [2.05, 4.69) is 25.3 Å². The van der Waals surface area contributed by atoms with Crippen LogP contribution in [0.15, 0.2) is 42.5 Å². The summed E-state index contributed by atoms with van der Waals surface area (Å²) < 4.78 is 32.2. The van der Waals surface area contributed by atoms with Crippen molar-refractivity contribution in [2.45, 2.75) is 31.5 Å². The van der Waals surface area contributed by atoms with Crippen LogP contribution < -0.4 is 14.4 Å². The molecule has 2 unspecified atom stereocenters. The number of rotatable bonds is 8. The fraction of sp³-hybridized carbons (Fsp3) is 0.480. The summed E-state index contributed by atoms with van der Waals surface area (Å²) in [5.74, 6) is 1.90. The maximum atomic E-state index is 13.4. The highest BCUT2D eigenvalue weighted by Gasteiger charge is 2.32. The molecule has 0 radical (unpaired) electrons. The number of anilines is 1. The number of methoxy groups -OCH3 is 2. The molecule has 0 saturated carbocycles. The Labute approximate surface area is 204 Å². The Hall–Kier alpha value is -3.24. The van der Waals surface area contributed by atoms with Gasteiger partial charge in [0.2, 0.25) is 0 Å². The van der Waals surface area contributed by atoms with E-state index in [-0.39, 0.29) is 18.0 Å². The summed E-state index contributed by atoms with van der Waals surface area (Å²) in [4.78, 5) is 4.66. The van der Waals surface area contributed by atoms with E-state index < -0.39 is 0 Å². The molecule has 0 aliphatic carbocycles. The molecular weight excluding hydrogens is 451 g/mol. The molecule has 2 fully saturated rings. The van der Waals surface area contributed by atoms with Gasteiger partial charge in [0.05, 0.1) is 32.9 Å². The third-order valence-corrected chi connectivity index (χ3v) is 6.80. The standard InChI is InChI=1S/C25H31FN6O3/c1-33-22-10-5-18(16-23(22)34-2)24(25-27-28-29-32(25)17-21-4-3-15-35-21)31-13-11-30(12-14-31)20-8-6-19(26)7-9-20/h5-10,16,21,24H,3-4,11-15,17H2,1-2H3. The van der Waals surface area contributed by atoms with E-state index in [4.69, 9.17) is 14.2 Å². The molecule has 0 amide bonds. The highest BCUT2D eigenvalue weighted by atomic mass is 19.1. The van der Waals surface area contributed by atoms with Gasteiger partial charge >= 0.3 is 0 Å². The Morgan fingerprint density at radius 2 is 1.80 bits per heavy atom. The topological polar surface area (TPSA) is 77.8 Å². The lowest BCUT2D eigenvalue weighted by Crippen LogP contribution is -2.48. The lowest BCUT2D eigenvalue weighted by molar-refractivity contribution is 0.0906. The molecule has 2 aromatic carbocycles. The minimum absolute atomic E-state index is 0.124. The predicted molar refractivity (Wildman–Crippen MR) is 128 cm³/mol. The van der Waals surface area contributed by atoms with Crippen LogP contribution in [0.25, 0.3) is 0 Å². The summed E-state index contributed by atoms with van der Waals surface area (Å²) in [6, 6.07) is 12.5. The van der Waals surface area contributed by atoms with Crippen LogP contribution in [0.4, 0.5) is 10.1 Å². The average molecular weight is 483 g/mol. The van der Waals surface area contributed by atoms with Crippen molar-refractivity contribution in [3.05, 3.63) is 59.7 Å². The van der Waals surface area contributed by atoms with Crippen molar-refractivity contribution in [2.24, 2.45) is 0 Å². The quantitative estimate of drug-likeness (QED) is 0.485. The number of halogens is 1. The molecule has 0 bridgehead atoms. The summed E-state index contributed by atoms with van der Waals surface area (Å²) >= 11 is 0. The minimum atomic E-state index is -0.223. The first-order valence-corrected chi connectivity index (χ1v) is 12.0. The van der Waals surface area contributed by atoms with E-state index in [0.29, 0.717) is 18.0 Å². The zero-order chi connectivity index (χ0) is 24.2. The maximum absolute atomic E-state index is 13.4. The molecule has 5 rings (SSSR count). The van der Waals surface area contributed by atoms with Crippen molar-refractivity contribution >= 4 is 5.69 Å². The Kier molecular flexibility index (Phi) is 7.10. The third-order valence-electron chi connectivity index (χ3n) is 6.80. The van der Waals surface area contributed by atoms with Crippen molar-refractivity contribution in [1.29, 1.82) is 0 Å². The summed E-state index contributed by atoms with van der Waals surface area (Å²) in [6.45, 7) is 4.62. The second-order valence-corrected chi connectivity index (χ2v) is 8.87. The first-order valence-electron chi connectivity index (χ1n) is 12.0. The minimum Gasteiger partial charge on any atom is -0.493 e. The van der Waals surface area contributed by atoms with E-state index in [0.717, 1.165) is 62.7 Å². The third kappa shape index (κ3) is 5.08. The molecule has 35 heavy (non-hydrogen) atoms. The molecule has 1 aromatic heterocycles. The zero-order valence-corrected chi connectivity index (χ0v) is 20.1. The van der Waals surface area contributed by atoms with E-state index >= 15 is 0 Å². The van der Waals surface area contributed by atoms with Crippen LogP contribution in [0.5, 0.6) is 11.5 Å². The van der Waals surface area contributed by atoms with Crippen LogP contribution in [0.2, 0.25) is 0 Å². The first kappa shape index (κ1) is 23.5. The van der Waals surface area contributed by atoms with Crippen LogP contribution in [-0.4, -0.2) is 78.2 Å². The smallest absolute Gasteiger partial charge is 0.173 e. The molecule has 186 valence electrons. The molecule has 0 N–H and O–H groups in total. The fourth-order valence-corrected chi connectivity index (χ4v) is 4.95. The lowest BCUT2D eigenvalue weighted by Gasteiger charge is -2.40. The van der Waals surface area contributed by atoms with Gasteiger partial charge in [-0.15, -0.1) is 5.10 Å². The number of hydrogen-bond acceptors (Lipinski definition) is 8. The lowest BCUT2D eigenvalue weighted by atomic mass is 10.0. The number of hydrogen-bond donors (Lipinski definition) is 0. The van der Waals surface area contributed by atoms with Gasteiger partial charge < -0.3 is 19.1 Å². The van der Waals surface area contributed by atoms with Gasteiger partial charge in [0, 0.05) is 38.5 Å². The van der Waals surface area contributed by atoms with Gasteiger partial charge in [0.25, 0.3) is 0 Å². The predicted octanol–water partition coefficient (Wildman–Crippen LogP) is 2.92. The largest absolute Gasteiger partial charge is 0.493 e. The Morgan fingerprint density at radius 1 is 1.03 bits per heavy atom. The fourth-order valence-electron chi connectivity index (χ4n) is 4.95. The number of ether oxygens (including phenoxy) is 3. The molecule has 2 aliphatic heterocycles. The number of benzene rings is 2. The van der Waals surface area contributed by atoms with E-state index in [1.54, 1.807) is 14.2 Å². The van der Waals surface area contributed by atoms with Gasteiger partial charge in [-0.2, -0.15) is 0 Å². The highest BCUT2D eigenvalue weighted by Crippen LogP contribution is 2.35. The zero-order valence-electron chi connectivity index (χ0n) is 20.1. The van der Waals surface area contributed by atoms with Crippen molar-refractivity contribution in [3.8, 4) is 11.5 Å². The second-order valence-electron chi connectivity index (χ2n) is 8.87. The van der Waals surface area contributed by atoms with Crippen LogP contribution in [0.1, 0.15) is 30.3 Å². The first-order chi connectivity index (χ1) is 17.2. The van der Waals surface area contributed by atoms with Gasteiger partial charge in [-0.3, -0.25) is 4.90 Å². The summed E-state index contributed by atoms with van der Waals surface area (Å²) in [7, 11) is 3.27. The number of tetrazole rings is 1. The van der Waals surface area contributed by atoms with Crippen molar-refractivity contribution in [3.63, 3.8) is 0 Å². The SMILES string of the molecule is COc1ccc(C(c2nnnn2CC2CCCO2)N2CCN(c3ccc(F)cc3)CC2)cc1OC. The Bertz CT molecular complexity index is 1110. The molecule has 3 aromatic rings. The van der Waals surface area contributed by atoms with Crippen molar-refractivity contribution < 1.29 is 18.6 Å². The van der Waals surface area contributed by atoms with Gasteiger partial charge in [0.15, 0.2) is 17.3 Å². The molecule has 2 aliphatic rings. The van der Waals surface area contributed by atoms with E-state index in [9.17, 15) is 4.39 Å². The Morgan fingerprint density at radius 3 is 2.49 bits per heavy atom. The summed E-state index contributed by atoms with van der Waals surface area (Å²) in [5.41, 5.74) is 2.05. The van der Waals surface area contributed by atoms with Gasteiger partial charge in [-0.25, -0.2) is 9.07 Å². The summed E-state index contributed by atoms with van der Waals surface area (Å²) in [5, 5.41) is 12.8. The number of aromatic nitrogens is 4. The average Bonchev–Trinajstić information content (AvgIpc) is 3.58. The molecule has 10 heteroatoms. The monoisotopic (exact) mass is 482 g/mol. The normalized spacial score (nSPS) is 19.6. The van der Waals surface area contributed by atoms with Crippen LogP contribution >= 0.6 is 0 Å². The second kappa shape index (κ2) is 10.6. The molecule has 0 spiro atoms. The summed E-state index contributed by atoms with van der Waals surface area (Å²) in [6.07, 6.45) is 2.20. The molecule has 3 heterocycles. The van der Waals surface area contributed by atoms with Gasteiger partial charge in [0.1, 0.15) is 5.82 Å². The van der Waals surface area contributed by atoms with Crippen LogP contribution in [0.3, 0.4) is 0 Å². The van der Waals surface area contributed by atoms with Gasteiger partial charge in [-0.05, 0) is 65.2 Å². The molecule has 2 saturated heterocycles. The number of nitrogens with zero attached hydrogens (tertiary/aromatic N) is 6. The Balaban J connectivity index is 1.43. The maximum Gasteiger partial charge on any atom is 0.173 e. The van der Waals surface area contributed by atoms with Crippen molar-refractivity contribution in [2.75, 3.05) is 51.9 Å². The molecule has 2 atom stereocenters. The van der Waals surface area contributed by atoms with E-state index in [1.165, 1.54) is 12.1 Å². The van der Waals surface area contributed by atoms with Crippen LogP contribution in [-0.2, 0) is 11.3 Å². The van der Waals surface area contributed by atoms with Gasteiger partial charge in [-0.1, -0.05) is 6.07 Å². The van der Waals surface area contributed by atoms with Crippen LogP contribution in [0, 0.1) is 5.82 Å². The molecular formula is C25H31FN6O3.